The van der Waals surface area contributed by atoms with Crippen molar-refractivity contribution in [2.24, 2.45) is 0 Å². The second kappa shape index (κ2) is 5.98. The zero-order valence-electron chi connectivity index (χ0n) is 7.84. The second-order valence-corrected chi connectivity index (χ2v) is 2.51. The van der Waals surface area contributed by atoms with Crippen LogP contribution in [0, 0.1) is 0 Å². The standard InChI is InChI=1S/C8H13NO5/c1-3-4-14-8(13)9(2)6(5-10)7(11)12/h3,6,10H,1,4-5H2,2H3,(H,11,12)/t6-/m0/s1. The van der Waals surface area contributed by atoms with E-state index in [-0.39, 0.29) is 6.61 Å². The molecule has 1 amide bonds. The first-order valence-corrected chi connectivity index (χ1v) is 3.88. The highest BCUT2D eigenvalue weighted by Gasteiger charge is 2.26. The Hall–Kier alpha value is -1.56. The Kier molecular flexibility index (Phi) is 5.31. The van der Waals surface area contributed by atoms with E-state index in [9.17, 15) is 9.59 Å². The van der Waals surface area contributed by atoms with E-state index in [1.54, 1.807) is 0 Å². The van der Waals surface area contributed by atoms with Gasteiger partial charge in [-0.25, -0.2) is 9.59 Å². The Morgan fingerprint density at radius 1 is 1.64 bits per heavy atom. The first kappa shape index (κ1) is 12.4. The topological polar surface area (TPSA) is 87.1 Å². The van der Waals surface area contributed by atoms with E-state index >= 15 is 0 Å². The first-order chi connectivity index (χ1) is 6.54. The van der Waals surface area contributed by atoms with E-state index < -0.39 is 24.7 Å². The number of carboxylic acid groups (broad SMARTS) is 1. The van der Waals surface area contributed by atoms with E-state index in [1.807, 2.05) is 0 Å². The number of likely N-dealkylation sites (N-methyl/N-ethyl adjacent to an activating group) is 1. The Morgan fingerprint density at radius 3 is 2.57 bits per heavy atom. The van der Waals surface area contributed by atoms with Crippen molar-refractivity contribution in [3.8, 4) is 0 Å². The van der Waals surface area contributed by atoms with Gasteiger partial charge in [-0.2, -0.15) is 0 Å². The van der Waals surface area contributed by atoms with Gasteiger partial charge in [0.2, 0.25) is 0 Å². The number of rotatable bonds is 5. The normalized spacial score (nSPS) is 11.6. The summed E-state index contributed by atoms with van der Waals surface area (Å²) in [6.45, 7) is 2.67. The zero-order valence-corrected chi connectivity index (χ0v) is 7.84. The number of carbonyl (C=O) groups excluding carboxylic acids is 1. The monoisotopic (exact) mass is 203 g/mol. The molecule has 0 rings (SSSR count). The maximum Gasteiger partial charge on any atom is 0.410 e. The summed E-state index contributed by atoms with van der Waals surface area (Å²) in [4.78, 5) is 22.4. The fourth-order valence-corrected chi connectivity index (χ4v) is 0.725. The highest BCUT2D eigenvalue weighted by Crippen LogP contribution is 1.99. The highest BCUT2D eigenvalue weighted by atomic mass is 16.6. The molecular formula is C8H13NO5. The third kappa shape index (κ3) is 3.44. The molecule has 80 valence electrons. The lowest BCUT2D eigenvalue weighted by atomic mass is 10.3. The van der Waals surface area contributed by atoms with Gasteiger partial charge in [0.1, 0.15) is 6.61 Å². The van der Waals surface area contributed by atoms with Crippen LogP contribution in [0.4, 0.5) is 4.79 Å². The molecule has 0 aromatic carbocycles. The fourth-order valence-electron chi connectivity index (χ4n) is 0.725. The molecular weight excluding hydrogens is 190 g/mol. The number of aliphatic hydroxyl groups excluding tert-OH is 1. The van der Waals surface area contributed by atoms with Gasteiger partial charge in [0, 0.05) is 7.05 Å². The van der Waals surface area contributed by atoms with Crippen LogP contribution >= 0.6 is 0 Å². The summed E-state index contributed by atoms with van der Waals surface area (Å²) in [6.07, 6.45) is 0.548. The number of hydrogen-bond acceptors (Lipinski definition) is 4. The van der Waals surface area contributed by atoms with E-state index in [0.29, 0.717) is 0 Å². The number of carboxylic acids is 1. The molecule has 0 bridgehead atoms. The van der Waals surface area contributed by atoms with Gasteiger partial charge in [-0.15, -0.1) is 0 Å². The molecule has 0 saturated carbocycles. The average Bonchev–Trinajstić information content (AvgIpc) is 2.14. The molecule has 0 heterocycles. The Morgan fingerprint density at radius 2 is 2.21 bits per heavy atom. The molecule has 0 aliphatic rings. The Balaban J connectivity index is 4.26. The molecule has 0 aromatic heterocycles. The third-order valence-corrected chi connectivity index (χ3v) is 1.54. The maximum atomic E-state index is 11.1. The number of aliphatic carboxylic acids is 1. The molecule has 0 saturated heterocycles. The summed E-state index contributed by atoms with van der Waals surface area (Å²) in [5.41, 5.74) is 0. The summed E-state index contributed by atoms with van der Waals surface area (Å²) in [6, 6.07) is -1.28. The Labute approximate surface area is 81.4 Å². The van der Waals surface area contributed by atoms with Gasteiger partial charge in [-0.3, -0.25) is 4.90 Å². The molecule has 0 fully saturated rings. The van der Waals surface area contributed by atoms with E-state index in [4.69, 9.17) is 10.2 Å². The van der Waals surface area contributed by atoms with Crippen LogP contribution in [0.3, 0.4) is 0 Å². The lowest BCUT2D eigenvalue weighted by molar-refractivity contribution is -0.143. The second-order valence-electron chi connectivity index (χ2n) is 2.51. The molecule has 6 nitrogen and oxygen atoms in total. The third-order valence-electron chi connectivity index (χ3n) is 1.54. The summed E-state index contributed by atoms with van der Waals surface area (Å²) in [7, 11) is 1.24. The zero-order chi connectivity index (χ0) is 11.1. The number of amides is 1. The van der Waals surface area contributed by atoms with Crippen LogP contribution in [0.25, 0.3) is 0 Å². The summed E-state index contributed by atoms with van der Waals surface area (Å²) in [5, 5.41) is 17.3. The van der Waals surface area contributed by atoms with E-state index in [0.717, 1.165) is 4.90 Å². The molecule has 0 unspecified atom stereocenters. The number of ether oxygens (including phenoxy) is 1. The van der Waals surface area contributed by atoms with Crippen LogP contribution < -0.4 is 0 Å². The van der Waals surface area contributed by atoms with Gasteiger partial charge >= 0.3 is 12.1 Å². The molecule has 6 heteroatoms. The minimum atomic E-state index is -1.29. The van der Waals surface area contributed by atoms with E-state index in [2.05, 4.69) is 11.3 Å². The van der Waals surface area contributed by atoms with Gasteiger partial charge in [-0.05, 0) is 0 Å². The lowest BCUT2D eigenvalue weighted by Crippen LogP contribution is -2.45. The van der Waals surface area contributed by atoms with Crippen LogP contribution in [0.1, 0.15) is 0 Å². The van der Waals surface area contributed by atoms with E-state index in [1.165, 1.54) is 13.1 Å². The van der Waals surface area contributed by atoms with Crippen molar-refractivity contribution in [3.63, 3.8) is 0 Å². The van der Waals surface area contributed by atoms with Crippen LogP contribution in [0.2, 0.25) is 0 Å². The first-order valence-electron chi connectivity index (χ1n) is 3.88. The fraction of sp³-hybridized carbons (Fsp3) is 0.500. The van der Waals surface area contributed by atoms with Gasteiger partial charge in [-0.1, -0.05) is 12.7 Å². The largest absolute Gasteiger partial charge is 0.480 e. The molecule has 1 atom stereocenters. The molecule has 0 aromatic rings. The Bertz CT molecular complexity index is 228. The van der Waals surface area contributed by atoms with Gasteiger partial charge < -0.3 is 14.9 Å². The summed E-state index contributed by atoms with van der Waals surface area (Å²) in [5.74, 6) is -1.29. The summed E-state index contributed by atoms with van der Waals surface area (Å²) >= 11 is 0. The smallest absolute Gasteiger partial charge is 0.410 e. The van der Waals surface area contributed by atoms with Crippen molar-refractivity contribution in [2.45, 2.75) is 6.04 Å². The number of hydrogen-bond donors (Lipinski definition) is 2. The molecule has 0 aliphatic carbocycles. The lowest BCUT2D eigenvalue weighted by Gasteiger charge is -2.21. The van der Waals surface area contributed by atoms with Gasteiger partial charge in [0.05, 0.1) is 6.61 Å². The van der Waals surface area contributed by atoms with Crippen LogP contribution in [0.15, 0.2) is 12.7 Å². The van der Waals surface area contributed by atoms with Crippen molar-refractivity contribution in [2.75, 3.05) is 20.3 Å². The molecule has 0 aliphatic heterocycles. The quantitative estimate of drug-likeness (QED) is 0.598. The SMILES string of the molecule is C=CCOC(=O)N(C)[C@@H](CO)C(=O)O. The number of nitrogens with zero attached hydrogens (tertiary/aromatic N) is 1. The summed E-state index contributed by atoms with van der Waals surface area (Å²) < 4.78 is 4.58. The molecule has 2 N–H and O–H groups in total. The number of carbonyl (C=O) groups is 2. The number of aliphatic hydroxyl groups is 1. The molecule has 0 radical (unpaired) electrons. The van der Waals surface area contributed by atoms with Crippen molar-refractivity contribution in [1.29, 1.82) is 0 Å². The van der Waals surface area contributed by atoms with Crippen LogP contribution in [-0.2, 0) is 9.53 Å². The van der Waals surface area contributed by atoms with Crippen molar-refractivity contribution >= 4 is 12.1 Å². The van der Waals surface area contributed by atoms with Crippen molar-refractivity contribution in [1.82, 2.24) is 4.90 Å². The minimum Gasteiger partial charge on any atom is -0.480 e. The van der Waals surface area contributed by atoms with Crippen molar-refractivity contribution in [3.05, 3.63) is 12.7 Å². The molecule has 0 spiro atoms. The van der Waals surface area contributed by atoms with Crippen LogP contribution in [0.5, 0.6) is 0 Å². The van der Waals surface area contributed by atoms with Gasteiger partial charge in [0.15, 0.2) is 6.04 Å². The maximum absolute atomic E-state index is 11.1. The highest BCUT2D eigenvalue weighted by molar-refractivity contribution is 5.79. The predicted molar refractivity (Wildman–Crippen MR) is 47.8 cm³/mol. The molecule has 14 heavy (non-hydrogen) atoms. The minimum absolute atomic E-state index is 0.000933. The average molecular weight is 203 g/mol. The van der Waals surface area contributed by atoms with Crippen LogP contribution in [-0.4, -0.2) is 53.5 Å². The van der Waals surface area contributed by atoms with Crippen molar-refractivity contribution < 1.29 is 24.5 Å². The van der Waals surface area contributed by atoms with Gasteiger partial charge in [0.25, 0.3) is 0 Å². The predicted octanol–water partition coefficient (Wildman–Crippen LogP) is -0.314.